The van der Waals surface area contributed by atoms with Gasteiger partial charge in [0.15, 0.2) is 4.77 Å². The maximum Gasteiger partial charge on any atom is 0.262 e. The maximum atomic E-state index is 13.2. The van der Waals surface area contributed by atoms with Crippen molar-refractivity contribution in [1.29, 1.82) is 0 Å². The van der Waals surface area contributed by atoms with Gasteiger partial charge in [-0.1, -0.05) is 36.4 Å². The number of aromatic hydroxyl groups is 1. The molecule has 9 nitrogen and oxygen atoms in total. The molecule has 0 aliphatic carbocycles. The molecule has 0 fully saturated rings. The van der Waals surface area contributed by atoms with Crippen molar-refractivity contribution in [2.24, 2.45) is 20.7 Å². The number of halogens is 1. The van der Waals surface area contributed by atoms with Gasteiger partial charge in [0.25, 0.3) is 5.56 Å². The first-order valence-electron chi connectivity index (χ1n) is 10.6. The molecule has 0 spiro atoms. The van der Waals surface area contributed by atoms with Gasteiger partial charge in [0, 0.05) is 22.5 Å². The molecule has 35 heavy (non-hydrogen) atoms. The highest BCUT2D eigenvalue weighted by Crippen LogP contribution is 2.15. The average Bonchev–Trinajstić information content (AvgIpc) is 3.56. The van der Waals surface area contributed by atoms with Gasteiger partial charge in [-0.15, -0.1) is 10.2 Å². The zero-order chi connectivity index (χ0) is 24.4. The van der Waals surface area contributed by atoms with Crippen LogP contribution in [-0.2, 0) is 13.0 Å². The Morgan fingerprint density at radius 1 is 0.943 bits per heavy atom. The number of aromatic nitrogens is 3. The zero-order valence-electron chi connectivity index (χ0n) is 18.1. The lowest BCUT2D eigenvalue weighted by Gasteiger charge is -2.11. The molecule has 2 aromatic heterocycles. The van der Waals surface area contributed by atoms with Crippen LogP contribution in [0, 0.1) is 21.2 Å². The summed E-state index contributed by atoms with van der Waals surface area (Å²) < 4.78 is 14.7. The Morgan fingerprint density at radius 3 is 2.34 bits per heavy atom. The van der Waals surface area contributed by atoms with E-state index >= 15 is 0 Å². The molecule has 1 aliphatic heterocycles. The number of aromatic amines is 2. The van der Waals surface area contributed by atoms with Gasteiger partial charge in [-0.3, -0.25) is 14.3 Å². The van der Waals surface area contributed by atoms with Crippen LogP contribution >= 0.6 is 12.2 Å². The molecular formula is C24H18FN7O2S. The predicted molar refractivity (Wildman–Crippen MR) is 128 cm³/mol. The highest BCUT2D eigenvalue weighted by molar-refractivity contribution is 7.71. The van der Waals surface area contributed by atoms with Crippen LogP contribution in [0.15, 0.2) is 86.1 Å². The Hall–Kier alpha value is -4.51. The third-order valence-electron chi connectivity index (χ3n) is 5.53. The van der Waals surface area contributed by atoms with E-state index < -0.39 is 5.56 Å². The summed E-state index contributed by atoms with van der Waals surface area (Å²) >= 11 is 5.24. The Morgan fingerprint density at radius 2 is 1.63 bits per heavy atom. The Kier molecular flexibility index (Phi) is 5.98. The minimum atomic E-state index is -0.497. The second-order valence-corrected chi connectivity index (χ2v) is 8.16. The van der Waals surface area contributed by atoms with Crippen LogP contribution in [0.2, 0.25) is 0 Å². The number of hydrogen-bond donors (Lipinski definition) is 3. The van der Waals surface area contributed by atoms with E-state index in [0.29, 0.717) is 24.1 Å². The minimum absolute atomic E-state index is 0.0785. The van der Waals surface area contributed by atoms with Crippen molar-refractivity contribution in [3.8, 4) is 5.88 Å². The summed E-state index contributed by atoms with van der Waals surface area (Å²) in [5, 5.41) is 28.6. The van der Waals surface area contributed by atoms with Crippen LogP contribution in [0.25, 0.3) is 11.9 Å². The number of hydrogen-bond acceptors (Lipinski definition) is 7. The monoisotopic (exact) mass is 487 g/mol. The molecule has 0 amide bonds. The molecule has 174 valence electrons. The van der Waals surface area contributed by atoms with E-state index in [-0.39, 0.29) is 22.0 Å². The third-order valence-corrected chi connectivity index (χ3v) is 5.85. The van der Waals surface area contributed by atoms with E-state index in [1.165, 1.54) is 16.7 Å². The fourth-order valence-corrected chi connectivity index (χ4v) is 3.95. The summed E-state index contributed by atoms with van der Waals surface area (Å²) in [5.74, 6) is -0.107. The predicted octanol–water partition coefficient (Wildman–Crippen LogP) is 3.34. The fraction of sp³-hybridized carbons (Fsp3) is 0.0833. The van der Waals surface area contributed by atoms with Crippen LogP contribution in [0.1, 0.15) is 11.1 Å². The molecule has 5 rings (SSSR count). The second kappa shape index (κ2) is 9.39. The van der Waals surface area contributed by atoms with Gasteiger partial charge in [0.1, 0.15) is 11.4 Å². The largest absolute Gasteiger partial charge is 0.494 e. The molecule has 0 saturated carbocycles. The molecular weight excluding hydrogens is 469 g/mol. The first kappa shape index (κ1) is 22.3. The topological polar surface area (TPSA) is 123 Å². The van der Waals surface area contributed by atoms with E-state index in [4.69, 9.17) is 12.2 Å². The number of benzene rings is 2. The van der Waals surface area contributed by atoms with Crippen LogP contribution in [0.3, 0.4) is 0 Å². The SMILES string of the molecule is O=c1[nH]c(=S)n(CCc2ccc(F)cc2)c(O)c1C=c1ccc(=c2ccc(=C3N=NN=N3)cc2)[nH]1. The van der Waals surface area contributed by atoms with Gasteiger partial charge in [-0.25, -0.2) is 4.39 Å². The molecule has 0 unspecified atom stereocenters. The van der Waals surface area contributed by atoms with Crippen molar-refractivity contribution >= 4 is 24.1 Å². The van der Waals surface area contributed by atoms with Crippen molar-refractivity contribution in [1.82, 2.24) is 14.5 Å². The fourth-order valence-electron chi connectivity index (χ4n) is 3.68. The van der Waals surface area contributed by atoms with Gasteiger partial charge in [0.05, 0.1) is 0 Å². The Balaban J connectivity index is 1.50. The smallest absolute Gasteiger partial charge is 0.262 e. The van der Waals surface area contributed by atoms with Crippen molar-refractivity contribution in [3.63, 3.8) is 0 Å². The molecule has 0 radical (unpaired) electrons. The molecule has 2 aromatic carbocycles. The summed E-state index contributed by atoms with van der Waals surface area (Å²) in [6, 6.07) is 17.3. The molecule has 0 atom stereocenters. The van der Waals surface area contributed by atoms with Gasteiger partial charge in [0.2, 0.25) is 11.7 Å². The summed E-state index contributed by atoms with van der Waals surface area (Å²) in [4.78, 5) is 18.4. The molecule has 3 heterocycles. The van der Waals surface area contributed by atoms with E-state index in [2.05, 4.69) is 30.6 Å². The second-order valence-electron chi connectivity index (χ2n) is 7.78. The summed E-state index contributed by atoms with van der Waals surface area (Å²) in [7, 11) is 0. The molecule has 3 N–H and O–H groups in total. The number of aryl methyl sites for hydroxylation is 1. The Labute approximate surface area is 201 Å². The van der Waals surface area contributed by atoms with Crippen LogP contribution < -0.4 is 16.1 Å². The van der Waals surface area contributed by atoms with E-state index in [9.17, 15) is 14.3 Å². The molecule has 4 aromatic rings. The highest BCUT2D eigenvalue weighted by Gasteiger charge is 2.11. The lowest BCUT2D eigenvalue weighted by atomic mass is 10.1. The molecule has 0 bridgehead atoms. The summed E-state index contributed by atoms with van der Waals surface area (Å²) in [6.45, 7) is 0.314. The number of nitrogens with one attached hydrogen (secondary N) is 2. The van der Waals surface area contributed by atoms with Crippen LogP contribution in [0.4, 0.5) is 4.39 Å². The van der Waals surface area contributed by atoms with Gasteiger partial charge in [-0.05, 0) is 70.2 Å². The number of rotatable bonds is 4. The standard InChI is InChI=1S/C24H18FN7O2S/c25-17-7-1-14(2-8-17)11-12-32-23(34)19(22(33)27-24(32)35)13-18-9-10-20(26-18)15-3-5-16(6-4-15)21-28-30-31-29-21/h1-10,13,26,34H,11-12H2,(H,27,33,35). The molecule has 0 saturated heterocycles. The first-order valence-corrected chi connectivity index (χ1v) is 11.0. The number of nitrogens with zero attached hydrogens (tertiary/aromatic N) is 5. The lowest BCUT2D eigenvalue weighted by Crippen LogP contribution is -2.19. The van der Waals surface area contributed by atoms with Crippen molar-refractivity contribution in [3.05, 3.63) is 114 Å². The van der Waals surface area contributed by atoms with E-state index in [0.717, 1.165) is 21.3 Å². The average molecular weight is 488 g/mol. The van der Waals surface area contributed by atoms with Crippen molar-refractivity contribution in [2.75, 3.05) is 0 Å². The first-order chi connectivity index (χ1) is 17.0. The van der Waals surface area contributed by atoms with Gasteiger partial charge < -0.3 is 10.1 Å². The van der Waals surface area contributed by atoms with Crippen LogP contribution in [-0.4, -0.2) is 19.6 Å². The quantitative estimate of drug-likeness (QED) is 0.383. The highest BCUT2D eigenvalue weighted by atomic mass is 32.1. The van der Waals surface area contributed by atoms with E-state index in [1.807, 2.05) is 30.3 Å². The summed E-state index contributed by atoms with van der Waals surface area (Å²) in [6.07, 6.45) is 2.06. The maximum absolute atomic E-state index is 13.2. The van der Waals surface area contributed by atoms with E-state index in [1.54, 1.807) is 24.3 Å². The molecule has 11 heteroatoms. The van der Waals surface area contributed by atoms with Gasteiger partial charge in [-0.2, -0.15) is 0 Å². The Bertz CT molecular complexity index is 1780. The van der Waals surface area contributed by atoms with Crippen molar-refractivity contribution < 1.29 is 9.50 Å². The van der Waals surface area contributed by atoms with Crippen LogP contribution in [0.5, 0.6) is 5.88 Å². The third kappa shape index (κ3) is 4.75. The lowest BCUT2D eigenvalue weighted by molar-refractivity contribution is 0.402. The zero-order valence-corrected chi connectivity index (χ0v) is 19.0. The van der Waals surface area contributed by atoms with Gasteiger partial charge >= 0.3 is 0 Å². The normalized spacial score (nSPS) is 13.2. The van der Waals surface area contributed by atoms with Crippen molar-refractivity contribution in [2.45, 2.75) is 13.0 Å². The number of H-pyrrole nitrogens is 2. The molecule has 1 aliphatic rings. The minimum Gasteiger partial charge on any atom is -0.494 e. The summed E-state index contributed by atoms with van der Waals surface area (Å²) in [5.41, 5.74) is 0.458.